The van der Waals surface area contributed by atoms with Gasteiger partial charge in [0.05, 0.1) is 10.9 Å². The van der Waals surface area contributed by atoms with E-state index in [4.69, 9.17) is 9.98 Å². The summed E-state index contributed by atoms with van der Waals surface area (Å²) in [6.07, 6.45) is 1.29. The van der Waals surface area contributed by atoms with E-state index in [2.05, 4.69) is 33.0 Å². The first-order valence-corrected chi connectivity index (χ1v) is 12.8. The Morgan fingerprint density at radius 3 is 2.44 bits per heavy atom. The Balaban J connectivity index is 1.57. The largest absolute Gasteiger partial charge is 0.325 e. The van der Waals surface area contributed by atoms with Crippen LogP contribution in [0.4, 0.5) is 11.4 Å². The highest BCUT2D eigenvalue weighted by Crippen LogP contribution is 2.36. The predicted octanol–water partition coefficient (Wildman–Crippen LogP) is 5.97. The van der Waals surface area contributed by atoms with Gasteiger partial charge in [0.2, 0.25) is 5.91 Å². The Morgan fingerprint density at radius 1 is 1.09 bits per heavy atom. The number of hydrogen-bond acceptors (Lipinski definition) is 5. The van der Waals surface area contributed by atoms with Crippen molar-refractivity contribution in [3.05, 3.63) is 59.7 Å². The molecule has 34 heavy (non-hydrogen) atoms. The molecule has 0 aromatic heterocycles. The molecule has 0 bridgehead atoms. The number of amides is 2. The molecule has 0 saturated carbocycles. The molecule has 0 radical (unpaired) electrons. The van der Waals surface area contributed by atoms with Crippen molar-refractivity contribution in [3.8, 4) is 0 Å². The van der Waals surface area contributed by atoms with Crippen molar-refractivity contribution in [1.82, 2.24) is 4.90 Å². The first-order chi connectivity index (χ1) is 16.3. The molecule has 6 nitrogen and oxygen atoms in total. The number of hydrogen-bond donors (Lipinski definition) is 1. The molecule has 0 aliphatic carbocycles. The molecule has 2 amide bonds. The number of anilines is 1. The molecule has 2 aliphatic heterocycles. The highest BCUT2D eigenvalue weighted by molar-refractivity contribution is 8.15. The molecule has 2 aromatic carbocycles. The zero-order chi connectivity index (χ0) is 24.4. The summed E-state index contributed by atoms with van der Waals surface area (Å²) < 4.78 is 0. The number of carbonyl (C=O) groups is 2. The molecule has 178 valence electrons. The van der Waals surface area contributed by atoms with E-state index < -0.39 is 11.3 Å². The van der Waals surface area contributed by atoms with Crippen molar-refractivity contribution in [2.45, 2.75) is 64.7 Å². The van der Waals surface area contributed by atoms with Crippen LogP contribution in [0.2, 0.25) is 0 Å². The van der Waals surface area contributed by atoms with Crippen LogP contribution in [-0.4, -0.2) is 39.0 Å². The number of nitrogens with one attached hydrogen (secondary N) is 1. The van der Waals surface area contributed by atoms with Gasteiger partial charge in [0, 0.05) is 11.3 Å². The average Bonchev–Trinajstić information content (AvgIpc) is 3.13. The van der Waals surface area contributed by atoms with Crippen LogP contribution in [0.25, 0.3) is 0 Å². The van der Waals surface area contributed by atoms with Crippen LogP contribution in [0.3, 0.4) is 0 Å². The van der Waals surface area contributed by atoms with Gasteiger partial charge in [0.1, 0.15) is 11.9 Å². The number of nitrogens with zero attached hydrogens (tertiary/aromatic N) is 3. The highest BCUT2D eigenvalue weighted by atomic mass is 32.2. The van der Waals surface area contributed by atoms with Crippen molar-refractivity contribution in [2.75, 3.05) is 5.32 Å². The van der Waals surface area contributed by atoms with Crippen molar-refractivity contribution in [3.63, 3.8) is 0 Å². The minimum absolute atomic E-state index is 0.0658. The number of aliphatic imine (C=N–C) groups is 2. The molecule has 7 heteroatoms. The third kappa shape index (κ3) is 4.94. The van der Waals surface area contributed by atoms with E-state index >= 15 is 0 Å². The zero-order valence-corrected chi connectivity index (χ0v) is 21.2. The lowest BCUT2D eigenvalue weighted by Gasteiger charge is -2.27. The van der Waals surface area contributed by atoms with Gasteiger partial charge in [-0.1, -0.05) is 70.6 Å². The van der Waals surface area contributed by atoms with E-state index in [9.17, 15) is 9.59 Å². The molecular formula is C27H32N4O2S. The van der Waals surface area contributed by atoms with Crippen molar-refractivity contribution < 1.29 is 9.59 Å². The molecule has 2 atom stereocenters. The standard InChI is InChI=1S/C27H32N4O2S/c1-6-23(25(32)28-19-13-11-18(12-14-19)17(4)5)34-27-30-21-10-8-7-9-20(21)24-29-22(15-16(2)3)26(33)31(24)27/h7-14,16-17,22-23H,6,15H2,1-5H3,(H,28,32)/t22-,23-/m0/s1. The van der Waals surface area contributed by atoms with Crippen LogP contribution in [0, 0.1) is 5.92 Å². The second kappa shape index (κ2) is 10.1. The van der Waals surface area contributed by atoms with Crippen molar-refractivity contribution in [1.29, 1.82) is 0 Å². The third-order valence-corrected chi connectivity index (χ3v) is 7.31. The van der Waals surface area contributed by atoms with E-state index in [1.807, 2.05) is 55.5 Å². The molecule has 0 spiro atoms. The fourth-order valence-electron chi connectivity index (χ4n) is 4.10. The highest BCUT2D eigenvalue weighted by Gasteiger charge is 2.42. The molecular weight excluding hydrogens is 444 g/mol. The normalized spacial score (nSPS) is 17.9. The average molecular weight is 477 g/mol. The van der Waals surface area contributed by atoms with E-state index in [-0.39, 0.29) is 11.8 Å². The summed E-state index contributed by atoms with van der Waals surface area (Å²) >= 11 is 1.33. The van der Waals surface area contributed by atoms with Crippen molar-refractivity contribution >= 4 is 46.0 Å². The van der Waals surface area contributed by atoms with Crippen LogP contribution in [0.5, 0.6) is 0 Å². The topological polar surface area (TPSA) is 74.1 Å². The lowest BCUT2D eigenvalue weighted by atomic mass is 10.0. The second-order valence-corrected chi connectivity index (χ2v) is 10.6. The zero-order valence-electron chi connectivity index (χ0n) is 20.4. The van der Waals surface area contributed by atoms with Gasteiger partial charge in [-0.3, -0.25) is 14.6 Å². The Labute approximate surface area is 205 Å². The maximum absolute atomic E-state index is 13.3. The second-order valence-electron chi connectivity index (χ2n) is 9.46. The molecule has 0 fully saturated rings. The smallest absolute Gasteiger partial charge is 0.259 e. The first kappa shape index (κ1) is 24.2. The quantitative estimate of drug-likeness (QED) is 0.535. The molecule has 0 unspecified atom stereocenters. The van der Waals surface area contributed by atoms with Crippen molar-refractivity contribution in [2.24, 2.45) is 15.9 Å². The summed E-state index contributed by atoms with van der Waals surface area (Å²) in [5, 5.41) is 3.15. The minimum Gasteiger partial charge on any atom is -0.325 e. The van der Waals surface area contributed by atoms with E-state index in [1.54, 1.807) is 4.90 Å². The number of benzene rings is 2. The summed E-state index contributed by atoms with van der Waals surface area (Å²) in [4.78, 5) is 37.7. The number of thioether (sulfide) groups is 1. The van der Waals surface area contributed by atoms with Crippen LogP contribution >= 0.6 is 11.8 Å². The summed E-state index contributed by atoms with van der Waals surface area (Å²) in [6.45, 7) is 10.4. The Kier molecular flexibility index (Phi) is 7.22. The number of amidine groups is 2. The van der Waals surface area contributed by atoms with Gasteiger partial charge in [-0.05, 0) is 54.5 Å². The lowest BCUT2D eigenvalue weighted by Crippen LogP contribution is -2.42. The predicted molar refractivity (Wildman–Crippen MR) is 141 cm³/mol. The summed E-state index contributed by atoms with van der Waals surface area (Å²) in [5.41, 5.74) is 3.62. The fraction of sp³-hybridized carbons (Fsp3) is 0.407. The van der Waals surface area contributed by atoms with Crippen LogP contribution in [0.1, 0.15) is 64.5 Å². The number of rotatable bonds is 7. The summed E-state index contributed by atoms with van der Waals surface area (Å²) in [7, 11) is 0. The number of carbonyl (C=O) groups excluding carboxylic acids is 2. The summed E-state index contributed by atoms with van der Waals surface area (Å²) in [5.74, 6) is 1.26. The van der Waals surface area contributed by atoms with E-state index in [0.29, 0.717) is 35.7 Å². The van der Waals surface area contributed by atoms with Crippen LogP contribution in [-0.2, 0) is 9.59 Å². The SMILES string of the molecule is CC[C@H](SC1=Nc2ccccc2C2=N[C@@H](CC(C)C)C(=O)N12)C(=O)Nc1ccc(C(C)C)cc1. The van der Waals surface area contributed by atoms with Gasteiger partial charge < -0.3 is 5.32 Å². The maximum Gasteiger partial charge on any atom is 0.259 e. The first-order valence-electron chi connectivity index (χ1n) is 12.0. The molecule has 1 N–H and O–H groups in total. The molecule has 4 rings (SSSR count). The molecule has 2 aliphatic rings. The third-order valence-electron chi connectivity index (χ3n) is 6.00. The Hall–Kier alpha value is -2.93. The van der Waals surface area contributed by atoms with Gasteiger partial charge in [-0.2, -0.15) is 0 Å². The lowest BCUT2D eigenvalue weighted by molar-refractivity contribution is -0.125. The minimum atomic E-state index is -0.416. The van der Waals surface area contributed by atoms with Gasteiger partial charge in [0.25, 0.3) is 5.91 Å². The van der Waals surface area contributed by atoms with Crippen LogP contribution in [0.15, 0.2) is 58.5 Å². The van der Waals surface area contributed by atoms with E-state index in [1.165, 1.54) is 17.3 Å². The van der Waals surface area contributed by atoms with E-state index in [0.717, 1.165) is 16.9 Å². The van der Waals surface area contributed by atoms with Gasteiger partial charge in [-0.25, -0.2) is 9.89 Å². The van der Waals surface area contributed by atoms with Gasteiger partial charge >= 0.3 is 0 Å². The fourth-order valence-corrected chi connectivity index (χ4v) is 5.12. The van der Waals surface area contributed by atoms with Gasteiger partial charge in [0.15, 0.2) is 5.17 Å². The molecule has 2 heterocycles. The molecule has 0 saturated heterocycles. The number of para-hydroxylation sites is 1. The van der Waals surface area contributed by atoms with Crippen LogP contribution < -0.4 is 5.32 Å². The molecule has 2 aromatic rings. The maximum atomic E-state index is 13.3. The monoisotopic (exact) mass is 476 g/mol. The Bertz CT molecular complexity index is 1140. The summed E-state index contributed by atoms with van der Waals surface area (Å²) in [6, 6.07) is 15.3. The number of fused-ring (bicyclic) bond motifs is 3. The Morgan fingerprint density at radius 2 is 1.79 bits per heavy atom. The van der Waals surface area contributed by atoms with Gasteiger partial charge in [-0.15, -0.1) is 0 Å².